The van der Waals surface area contributed by atoms with Gasteiger partial charge >= 0.3 is 5.97 Å². The lowest BCUT2D eigenvalue weighted by atomic mass is 10.1. The molecule has 0 bridgehead atoms. The quantitative estimate of drug-likeness (QED) is 0.635. The molecule has 0 atom stereocenters. The number of nitrogens with two attached hydrogens (primary N) is 1. The number of carboxylic acids is 1. The maximum atomic E-state index is 12.8. The summed E-state index contributed by atoms with van der Waals surface area (Å²) >= 11 is 0. The van der Waals surface area contributed by atoms with Crippen molar-refractivity contribution in [3.05, 3.63) is 65.7 Å². The van der Waals surface area contributed by atoms with E-state index in [2.05, 4.69) is 4.99 Å². The second kappa shape index (κ2) is 7.87. The predicted octanol–water partition coefficient (Wildman–Crippen LogP) is 1.67. The lowest BCUT2D eigenvalue weighted by molar-refractivity contribution is -0.135. The van der Waals surface area contributed by atoms with Crippen molar-refractivity contribution >= 4 is 29.3 Å². The lowest BCUT2D eigenvalue weighted by Crippen LogP contribution is -2.35. The fourth-order valence-corrected chi connectivity index (χ4v) is 2.23. The number of carboxylic acid groups (broad SMARTS) is 1. The Morgan fingerprint density at radius 1 is 1.04 bits per heavy atom. The van der Waals surface area contributed by atoms with Crippen molar-refractivity contribution in [3.63, 3.8) is 0 Å². The number of hydrogen-bond acceptors (Lipinski definition) is 3. The Morgan fingerprint density at radius 2 is 1.68 bits per heavy atom. The molecule has 25 heavy (non-hydrogen) atoms. The Balaban J connectivity index is 2.39. The van der Waals surface area contributed by atoms with Gasteiger partial charge in [0.2, 0.25) is 5.91 Å². The van der Waals surface area contributed by atoms with Crippen molar-refractivity contribution in [1.29, 1.82) is 0 Å². The number of carbonyl (C=O) groups excluding carboxylic acids is 2. The van der Waals surface area contributed by atoms with Crippen LogP contribution in [0.4, 0.5) is 5.69 Å². The van der Waals surface area contributed by atoms with E-state index >= 15 is 0 Å². The molecule has 0 radical (unpaired) electrons. The van der Waals surface area contributed by atoms with Crippen LogP contribution in [0, 0.1) is 0 Å². The first-order chi connectivity index (χ1) is 11.9. The molecular weight excluding hydrogens is 322 g/mol. The van der Waals surface area contributed by atoms with E-state index in [4.69, 9.17) is 10.8 Å². The minimum atomic E-state index is -1.13. The van der Waals surface area contributed by atoms with Gasteiger partial charge in [0.1, 0.15) is 12.4 Å². The number of aliphatic carboxylic acids is 1. The molecule has 2 aromatic rings. The highest BCUT2D eigenvalue weighted by molar-refractivity contribution is 6.10. The molecule has 7 heteroatoms. The molecule has 128 valence electrons. The lowest BCUT2D eigenvalue weighted by Gasteiger charge is -2.21. The van der Waals surface area contributed by atoms with Crippen LogP contribution in [0.2, 0.25) is 0 Å². The Hall–Kier alpha value is -3.48. The molecule has 0 aromatic heterocycles. The summed E-state index contributed by atoms with van der Waals surface area (Å²) in [5.74, 6) is -2.09. The molecule has 7 nitrogen and oxygen atoms in total. The minimum absolute atomic E-state index is 0.00774. The van der Waals surface area contributed by atoms with Crippen molar-refractivity contribution < 1.29 is 19.5 Å². The first-order valence-corrected chi connectivity index (χ1v) is 7.42. The maximum absolute atomic E-state index is 12.8. The highest BCUT2D eigenvalue weighted by Crippen LogP contribution is 2.17. The summed E-state index contributed by atoms with van der Waals surface area (Å²) in [4.78, 5) is 39.8. The molecule has 0 saturated carbocycles. The molecule has 0 heterocycles. The van der Waals surface area contributed by atoms with Crippen LogP contribution in [0.3, 0.4) is 0 Å². The van der Waals surface area contributed by atoms with Gasteiger partial charge < -0.3 is 10.8 Å². The predicted molar refractivity (Wildman–Crippen MR) is 93.6 cm³/mol. The Kier molecular flexibility index (Phi) is 5.62. The van der Waals surface area contributed by atoms with Crippen LogP contribution < -0.4 is 10.6 Å². The fraction of sp³-hybridized carbons (Fsp3) is 0.111. The van der Waals surface area contributed by atoms with Gasteiger partial charge in [0.05, 0.1) is 0 Å². The summed E-state index contributed by atoms with van der Waals surface area (Å²) in [6.45, 7) is 0.788. The molecule has 0 aliphatic carbocycles. The molecule has 2 rings (SSSR count). The van der Waals surface area contributed by atoms with Gasteiger partial charge in [0.15, 0.2) is 0 Å². The van der Waals surface area contributed by atoms with Gasteiger partial charge in [0, 0.05) is 23.7 Å². The second-order valence-corrected chi connectivity index (χ2v) is 5.22. The van der Waals surface area contributed by atoms with E-state index < -0.39 is 24.3 Å². The topological polar surface area (TPSA) is 113 Å². The number of nitrogens with zero attached hydrogens (tertiary/aromatic N) is 2. The van der Waals surface area contributed by atoms with Gasteiger partial charge in [-0.25, -0.2) is 0 Å². The van der Waals surface area contributed by atoms with Crippen LogP contribution in [0.1, 0.15) is 22.8 Å². The first kappa shape index (κ1) is 17.9. The molecular formula is C18H17N3O4. The Bertz CT molecular complexity index is 831. The zero-order chi connectivity index (χ0) is 18.4. The van der Waals surface area contributed by atoms with Crippen molar-refractivity contribution in [2.24, 2.45) is 10.7 Å². The van der Waals surface area contributed by atoms with Crippen LogP contribution in [-0.2, 0) is 9.59 Å². The zero-order valence-corrected chi connectivity index (χ0v) is 13.5. The molecule has 0 spiro atoms. The summed E-state index contributed by atoms with van der Waals surface area (Å²) in [6, 6.07) is 14.7. The number of aliphatic imine (C=N–C) groups is 1. The molecule has 0 aliphatic rings. The van der Waals surface area contributed by atoms with Gasteiger partial charge in [-0.3, -0.25) is 19.3 Å². The van der Waals surface area contributed by atoms with Gasteiger partial charge in [0.25, 0.3) is 5.91 Å². The van der Waals surface area contributed by atoms with Crippen molar-refractivity contribution in [2.45, 2.75) is 6.92 Å². The third-order valence-electron chi connectivity index (χ3n) is 3.29. The van der Waals surface area contributed by atoms with E-state index in [-0.39, 0.29) is 11.4 Å². The summed E-state index contributed by atoms with van der Waals surface area (Å²) in [5.41, 5.74) is 6.85. The van der Waals surface area contributed by atoms with E-state index in [9.17, 15) is 14.4 Å². The van der Waals surface area contributed by atoms with Crippen LogP contribution in [0.15, 0.2) is 59.6 Å². The average molecular weight is 339 g/mol. The molecule has 0 fully saturated rings. The third-order valence-corrected chi connectivity index (χ3v) is 3.29. The van der Waals surface area contributed by atoms with E-state index in [0.29, 0.717) is 11.3 Å². The van der Waals surface area contributed by atoms with E-state index in [1.807, 2.05) is 0 Å². The number of amidine groups is 1. The SMILES string of the molecule is CC(=O)N=C(N)c1cccc(C(=O)N(CC(=O)O)c2ccccc2)c1. The number of amides is 2. The summed E-state index contributed by atoms with van der Waals surface area (Å²) in [6.07, 6.45) is 0. The maximum Gasteiger partial charge on any atom is 0.323 e. The van der Waals surface area contributed by atoms with Crippen LogP contribution in [0.5, 0.6) is 0 Å². The normalized spacial score (nSPS) is 11.0. The first-order valence-electron chi connectivity index (χ1n) is 7.42. The smallest absolute Gasteiger partial charge is 0.323 e. The van der Waals surface area contributed by atoms with Crippen molar-refractivity contribution in [2.75, 3.05) is 11.4 Å². The third kappa shape index (κ3) is 4.74. The molecule has 2 aromatic carbocycles. The second-order valence-electron chi connectivity index (χ2n) is 5.22. The number of rotatable bonds is 5. The van der Waals surface area contributed by atoms with Gasteiger partial charge in [-0.1, -0.05) is 30.3 Å². The van der Waals surface area contributed by atoms with Crippen LogP contribution in [0.25, 0.3) is 0 Å². The largest absolute Gasteiger partial charge is 0.480 e. The molecule has 0 saturated heterocycles. The van der Waals surface area contributed by atoms with Gasteiger partial charge in [-0.05, 0) is 24.3 Å². The number of hydrogen-bond donors (Lipinski definition) is 2. The summed E-state index contributed by atoms with van der Waals surface area (Å²) in [5, 5.41) is 9.11. The van der Waals surface area contributed by atoms with Gasteiger partial charge in [-0.2, -0.15) is 4.99 Å². The molecule has 0 aliphatic heterocycles. The number of anilines is 1. The van der Waals surface area contributed by atoms with E-state index in [1.54, 1.807) is 48.5 Å². The summed E-state index contributed by atoms with van der Waals surface area (Å²) < 4.78 is 0. The van der Waals surface area contributed by atoms with E-state index in [0.717, 1.165) is 4.90 Å². The molecule has 3 N–H and O–H groups in total. The van der Waals surface area contributed by atoms with Crippen LogP contribution in [-0.4, -0.2) is 35.3 Å². The Morgan fingerprint density at radius 3 is 2.28 bits per heavy atom. The highest BCUT2D eigenvalue weighted by atomic mass is 16.4. The van der Waals surface area contributed by atoms with Crippen LogP contribution >= 0.6 is 0 Å². The Labute approximate surface area is 144 Å². The fourth-order valence-electron chi connectivity index (χ4n) is 2.23. The summed E-state index contributed by atoms with van der Waals surface area (Å²) in [7, 11) is 0. The average Bonchev–Trinajstić information content (AvgIpc) is 2.59. The number of para-hydroxylation sites is 1. The molecule has 2 amide bonds. The monoisotopic (exact) mass is 339 g/mol. The van der Waals surface area contributed by atoms with E-state index in [1.165, 1.54) is 13.0 Å². The number of benzene rings is 2. The molecule has 0 unspecified atom stereocenters. The number of carbonyl (C=O) groups is 3. The van der Waals surface area contributed by atoms with Gasteiger partial charge in [-0.15, -0.1) is 0 Å². The zero-order valence-electron chi connectivity index (χ0n) is 13.5. The minimum Gasteiger partial charge on any atom is -0.480 e. The standard InChI is InChI=1S/C18H17N3O4/c1-12(22)20-17(19)13-6-5-7-14(10-13)18(25)21(11-16(23)24)15-8-3-2-4-9-15/h2-10H,11H2,1H3,(H,23,24)(H2,19,20,22). The highest BCUT2D eigenvalue weighted by Gasteiger charge is 2.20. The van der Waals surface area contributed by atoms with Crippen molar-refractivity contribution in [3.8, 4) is 0 Å². The van der Waals surface area contributed by atoms with Crippen molar-refractivity contribution in [1.82, 2.24) is 0 Å².